The molecular formula is C33H29ClF3N11O5. The van der Waals surface area contributed by atoms with Crippen LogP contribution >= 0.6 is 11.6 Å². The van der Waals surface area contributed by atoms with E-state index in [1.54, 1.807) is 31.7 Å². The number of hydrogen-bond acceptors (Lipinski definition) is 12. The Labute approximate surface area is 301 Å². The first-order valence-electron chi connectivity index (χ1n) is 16.2. The van der Waals surface area contributed by atoms with E-state index in [9.17, 15) is 32.7 Å². The number of amides is 2. The molecule has 0 aliphatic carbocycles. The molecule has 20 heteroatoms. The summed E-state index contributed by atoms with van der Waals surface area (Å²) in [6.07, 6.45) is -1.72. The van der Waals surface area contributed by atoms with Crippen molar-refractivity contribution in [2.75, 3.05) is 36.4 Å². The van der Waals surface area contributed by atoms with Gasteiger partial charge in [-0.25, -0.2) is 15.0 Å². The summed E-state index contributed by atoms with van der Waals surface area (Å²) in [7, 11) is 0. The number of anilines is 2. The van der Waals surface area contributed by atoms with Gasteiger partial charge in [0.15, 0.2) is 34.4 Å². The van der Waals surface area contributed by atoms with Crippen molar-refractivity contribution in [1.29, 1.82) is 0 Å². The lowest BCUT2D eigenvalue weighted by Crippen LogP contribution is -2.51. The fraction of sp³-hybridized carbons (Fsp3) is 0.303. The van der Waals surface area contributed by atoms with E-state index >= 15 is 0 Å². The first-order valence-corrected chi connectivity index (χ1v) is 16.6. The molecule has 5 aromatic heterocycles. The number of aromatic nitrogens is 8. The Kier molecular flexibility index (Phi) is 8.96. The van der Waals surface area contributed by atoms with Crippen molar-refractivity contribution in [3.8, 4) is 17.1 Å². The van der Waals surface area contributed by atoms with Crippen LogP contribution in [0, 0.1) is 13.8 Å². The van der Waals surface area contributed by atoms with Crippen molar-refractivity contribution in [2.24, 2.45) is 0 Å². The van der Waals surface area contributed by atoms with Crippen LogP contribution in [0.5, 0.6) is 5.75 Å². The van der Waals surface area contributed by atoms with Gasteiger partial charge in [-0.1, -0.05) is 18.5 Å². The summed E-state index contributed by atoms with van der Waals surface area (Å²) in [6, 6.07) is 4.20. The van der Waals surface area contributed by atoms with Crippen molar-refractivity contribution >= 4 is 51.8 Å². The minimum absolute atomic E-state index is 0.0107. The third-order valence-electron chi connectivity index (χ3n) is 8.74. The van der Waals surface area contributed by atoms with Crippen molar-refractivity contribution in [3.63, 3.8) is 0 Å². The summed E-state index contributed by atoms with van der Waals surface area (Å²) in [4.78, 5) is 65.4. The zero-order valence-corrected chi connectivity index (χ0v) is 29.0. The van der Waals surface area contributed by atoms with Crippen LogP contribution in [0.25, 0.3) is 28.4 Å². The average molecular weight is 752 g/mol. The Bertz CT molecular complexity index is 2490. The summed E-state index contributed by atoms with van der Waals surface area (Å²) in [5.41, 5.74) is 0.331. The number of pyridine rings is 1. The maximum absolute atomic E-state index is 14.3. The molecule has 2 N–H and O–H groups in total. The van der Waals surface area contributed by atoms with E-state index in [4.69, 9.17) is 16.0 Å². The van der Waals surface area contributed by atoms with E-state index in [0.717, 1.165) is 16.6 Å². The minimum atomic E-state index is -4.63. The molecule has 0 spiro atoms. The molecule has 1 fully saturated rings. The van der Waals surface area contributed by atoms with Crippen LogP contribution in [0.15, 0.2) is 46.0 Å². The fourth-order valence-electron chi connectivity index (χ4n) is 6.13. The lowest BCUT2D eigenvalue weighted by Gasteiger charge is -2.36. The molecule has 7 rings (SSSR count). The summed E-state index contributed by atoms with van der Waals surface area (Å²) in [6.45, 7) is 5.31. The Morgan fingerprint density at radius 1 is 1.06 bits per heavy atom. The molecule has 0 radical (unpaired) electrons. The Hall–Kier alpha value is -6.11. The number of piperazine rings is 1. The Morgan fingerprint density at radius 3 is 2.51 bits per heavy atom. The normalized spacial score (nSPS) is 13.6. The van der Waals surface area contributed by atoms with Crippen LogP contribution in [0.2, 0.25) is 5.02 Å². The van der Waals surface area contributed by atoms with E-state index in [0.29, 0.717) is 34.4 Å². The number of carbonyl (C=O) groups is 2. The standard InChI is InChI=1S/C33H29ClF3N11O5/c1-4-22-26(45-7-9-46(10-8-45)30(51)25-27(50)16(2)39-15-40-25)31(52)48-32(43-28(44-48)18-11-23-29(38-13-18)41-17(3)53-23)47(22)14-24(49)42-21-6-5-19(12-20(21)34)33(35,36)37/h5-6,11-13,15,50H,4,7-10,14H2,1-3H3,(H,42,49). The maximum atomic E-state index is 14.3. The second-order valence-corrected chi connectivity index (χ2v) is 12.5. The zero-order chi connectivity index (χ0) is 37.8. The van der Waals surface area contributed by atoms with Gasteiger partial charge in [-0.3, -0.25) is 14.4 Å². The van der Waals surface area contributed by atoms with Crippen LogP contribution in [0.3, 0.4) is 0 Å². The fourth-order valence-corrected chi connectivity index (χ4v) is 6.36. The first kappa shape index (κ1) is 35.3. The SMILES string of the molecule is CCc1c(N2CCN(C(=O)c3ncnc(C)c3O)CC2)c(=O)n2nc(-c3cnc4nc(C)oc4c3)nc2n1CC(=O)Nc1ccc(C(F)(F)F)cc1Cl. The monoisotopic (exact) mass is 751 g/mol. The second kappa shape index (κ2) is 13.5. The van der Waals surface area contributed by atoms with Gasteiger partial charge in [-0.05, 0) is 37.6 Å². The summed E-state index contributed by atoms with van der Waals surface area (Å²) in [5.74, 6) is -0.973. The van der Waals surface area contributed by atoms with Crippen LogP contribution in [0.4, 0.5) is 24.5 Å². The molecule has 2 amide bonds. The molecule has 16 nitrogen and oxygen atoms in total. The van der Waals surface area contributed by atoms with Gasteiger partial charge in [-0.15, -0.1) is 5.10 Å². The van der Waals surface area contributed by atoms with Gasteiger partial charge in [-0.2, -0.15) is 27.7 Å². The Morgan fingerprint density at radius 2 is 1.81 bits per heavy atom. The molecule has 6 aromatic rings. The molecule has 6 heterocycles. The number of nitrogens with zero attached hydrogens (tertiary/aromatic N) is 10. The number of hydrogen-bond donors (Lipinski definition) is 2. The van der Waals surface area contributed by atoms with Crippen molar-refractivity contribution < 1.29 is 32.3 Å². The van der Waals surface area contributed by atoms with Crippen molar-refractivity contribution in [3.05, 3.63) is 80.7 Å². The van der Waals surface area contributed by atoms with Crippen molar-refractivity contribution in [2.45, 2.75) is 39.9 Å². The zero-order valence-electron chi connectivity index (χ0n) is 28.3. The lowest BCUT2D eigenvalue weighted by molar-refractivity contribution is -0.137. The number of fused-ring (bicyclic) bond motifs is 2. The van der Waals surface area contributed by atoms with Gasteiger partial charge in [0, 0.05) is 44.9 Å². The van der Waals surface area contributed by atoms with E-state index in [1.807, 2.05) is 0 Å². The topological polar surface area (TPSA) is 190 Å². The number of benzene rings is 1. The third-order valence-corrected chi connectivity index (χ3v) is 9.05. The molecule has 1 aliphatic rings. The average Bonchev–Trinajstić information content (AvgIpc) is 3.74. The summed E-state index contributed by atoms with van der Waals surface area (Å²) >= 11 is 6.12. The molecule has 0 unspecified atom stereocenters. The van der Waals surface area contributed by atoms with E-state index in [1.165, 1.54) is 22.0 Å². The van der Waals surface area contributed by atoms with E-state index < -0.39 is 35.7 Å². The smallest absolute Gasteiger partial charge is 0.416 e. The van der Waals surface area contributed by atoms with Gasteiger partial charge in [0.05, 0.1) is 27.7 Å². The minimum Gasteiger partial charge on any atom is -0.504 e. The summed E-state index contributed by atoms with van der Waals surface area (Å²) in [5, 5.41) is 17.1. The number of nitrogens with one attached hydrogen (secondary N) is 1. The van der Waals surface area contributed by atoms with Crippen LogP contribution < -0.4 is 15.8 Å². The van der Waals surface area contributed by atoms with Gasteiger partial charge in [0.2, 0.25) is 11.7 Å². The van der Waals surface area contributed by atoms with Crippen LogP contribution in [-0.2, 0) is 23.9 Å². The van der Waals surface area contributed by atoms with E-state index in [-0.39, 0.29) is 77.7 Å². The van der Waals surface area contributed by atoms with Gasteiger partial charge >= 0.3 is 6.18 Å². The van der Waals surface area contributed by atoms with E-state index in [2.05, 4.69) is 35.3 Å². The molecule has 1 aliphatic heterocycles. The molecule has 0 bridgehead atoms. The van der Waals surface area contributed by atoms with Crippen LogP contribution in [0.1, 0.15) is 40.3 Å². The first-order chi connectivity index (χ1) is 25.2. The van der Waals surface area contributed by atoms with Gasteiger partial charge < -0.3 is 29.2 Å². The molecule has 0 atom stereocenters. The van der Waals surface area contributed by atoms with Crippen molar-refractivity contribution in [1.82, 2.24) is 44.0 Å². The second-order valence-electron chi connectivity index (χ2n) is 12.1. The largest absolute Gasteiger partial charge is 0.504 e. The molecule has 53 heavy (non-hydrogen) atoms. The highest BCUT2D eigenvalue weighted by Crippen LogP contribution is 2.34. The van der Waals surface area contributed by atoms with Gasteiger partial charge in [0.25, 0.3) is 11.5 Å². The third kappa shape index (κ3) is 6.58. The highest BCUT2D eigenvalue weighted by Gasteiger charge is 2.32. The van der Waals surface area contributed by atoms with Crippen LogP contribution in [-0.4, -0.2) is 87.1 Å². The van der Waals surface area contributed by atoms with Gasteiger partial charge in [0.1, 0.15) is 18.6 Å². The Balaban J connectivity index is 1.27. The maximum Gasteiger partial charge on any atom is 0.416 e. The lowest BCUT2D eigenvalue weighted by atomic mass is 10.2. The highest BCUT2D eigenvalue weighted by molar-refractivity contribution is 6.33. The molecule has 1 aromatic carbocycles. The number of rotatable bonds is 7. The number of carbonyl (C=O) groups excluding carboxylic acids is 2. The number of aryl methyl sites for hydroxylation is 2. The molecular weight excluding hydrogens is 723 g/mol. The predicted molar refractivity (Wildman–Crippen MR) is 184 cm³/mol. The highest BCUT2D eigenvalue weighted by atomic mass is 35.5. The molecule has 274 valence electrons. The predicted octanol–water partition coefficient (Wildman–Crippen LogP) is 4.04. The number of oxazole rings is 1. The number of alkyl halides is 3. The summed E-state index contributed by atoms with van der Waals surface area (Å²) < 4.78 is 47.9. The molecule has 1 saturated heterocycles. The number of aromatic hydroxyl groups is 1. The molecule has 0 saturated carbocycles. The quantitative estimate of drug-likeness (QED) is 0.239. The number of halogens is 4.